The van der Waals surface area contributed by atoms with E-state index >= 15 is 0 Å². The number of carbonyl (C=O) groups is 1. The molecule has 138 valence electrons. The maximum absolute atomic E-state index is 12.6. The van der Waals surface area contributed by atoms with Crippen LogP contribution in [0, 0.1) is 0 Å². The Morgan fingerprint density at radius 2 is 2.07 bits per heavy atom. The molecule has 0 aliphatic rings. The van der Waals surface area contributed by atoms with E-state index in [1.807, 2.05) is 38.1 Å². The van der Waals surface area contributed by atoms with Gasteiger partial charge >= 0.3 is 0 Å². The van der Waals surface area contributed by atoms with Crippen molar-refractivity contribution in [2.24, 2.45) is 0 Å². The lowest BCUT2D eigenvalue weighted by molar-refractivity contribution is 0.103. The molecule has 3 N–H and O–H groups in total. The molecular formula is C18H17N5O2S2. The van der Waals surface area contributed by atoms with Gasteiger partial charge in [0.1, 0.15) is 20.5 Å². The first-order valence-electron chi connectivity index (χ1n) is 8.48. The Balaban J connectivity index is 1.71. The van der Waals surface area contributed by atoms with Gasteiger partial charge in [0.2, 0.25) is 5.13 Å². The van der Waals surface area contributed by atoms with Crippen LogP contribution >= 0.6 is 22.7 Å². The number of fused-ring (bicyclic) bond motifs is 2. The fourth-order valence-electron chi connectivity index (χ4n) is 2.71. The van der Waals surface area contributed by atoms with Crippen molar-refractivity contribution in [2.45, 2.75) is 20.3 Å². The highest BCUT2D eigenvalue weighted by molar-refractivity contribution is 7.21. The molecular weight excluding hydrogens is 382 g/mol. The second kappa shape index (κ2) is 7.09. The van der Waals surface area contributed by atoms with Crippen molar-refractivity contribution < 1.29 is 9.53 Å². The predicted molar refractivity (Wildman–Crippen MR) is 110 cm³/mol. The maximum atomic E-state index is 12.6. The summed E-state index contributed by atoms with van der Waals surface area (Å²) in [7, 11) is 0. The number of hydrogen-bond acceptors (Lipinski definition) is 8. The minimum atomic E-state index is -0.298. The highest BCUT2D eigenvalue weighted by atomic mass is 32.1. The molecule has 0 aliphatic heterocycles. The minimum Gasteiger partial charge on any atom is -0.494 e. The van der Waals surface area contributed by atoms with Crippen molar-refractivity contribution >= 4 is 60.5 Å². The lowest BCUT2D eigenvalue weighted by Crippen LogP contribution is -2.11. The number of carbonyl (C=O) groups excluding carboxylic acids is 1. The second-order valence-corrected chi connectivity index (χ2v) is 7.84. The van der Waals surface area contributed by atoms with Gasteiger partial charge in [-0.25, -0.2) is 4.98 Å². The van der Waals surface area contributed by atoms with Crippen LogP contribution in [0.2, 0.25) is 0 Å². The summed E-state index contributed by atoms with van der Waals surface area (Å²) in [4.78, 5) is 18.4. The molecule has 4 aromatic rings. The Morgan fingerprint density at radius 1 is 1.22 bits per heavy atom. The highest BCUT2D eigenvalue weighted by Crippen LogP contribution is 2.35. The number of hydrogen-bond donors (Lipinski definition) is 2. The van der Waals surface area contributed by atoms with Crippen LogP contribution in [-0.4, -0.2) is 27.7 Å². The molecule has 1 aromatic carbocycles. The van der Waals surface area contributed by atoms with E-state index in [9.17, 15) is 4.79 Å². The largest absolute Gasteiger partial charge is 0.494 e. The average Bonchev–Trinajstić information content (AvgIpc) is 3.25. The summed E-state index contributed by atoms with van der Waals surface area (Å²) in [6.07, 6.45) is 0.777. The van der Waals surface area contributed by atoms with Crippen molar-refractivity contribution in [1.82, 2.24) is 15.2 Å². The molecule has 0 saturated heterocycles. The number of amides is 1. The number of nitrogens with two attached hydrogens (primary N) is 1. The molecule has 0 aliphatic carbocycles. The number of nitrogen functional groups attached to an aromatic ring is 1. The summed E-state index contributed by atoms with van der Waals surface area (Å²) in [6.45, 7) is 4.52. The smallest absolute Gasteiger partial charge is 0.269 e. The molecule has 7 nitrogen and oxygen atoms in total. The number of nitrogens with one attached hydrogen (secondary N) is 1. The third-order valence-electron chi connectivity index (χ3n) is 3.99. The van der Waals surface area contributed by atoms with Gasteiger partial charge in [-0.1, -0.05) is 18.3 Å². The van der Waals surface area contributed by atoms with Gasteiger partial charge in [-0.3, -0.25) is 10.1 Å². The summed E-state index contributed by atoms with van der Waals surface area (Å²) in [5.74, 6) is 0.481. The molecule has 0 atom stereocenters. The van der Waals surface area contributed by atoms with Gasteiger partial charge in [0.15, 0.2) is 0 Å². The molecule has 3 heterocycles. The third-order valence-corrected chi connectivity index (χ3v) is 6.09. The van der Waals surface area contributed by atoms with Gasteiger partial charge in [-0.15, -0.1) is 21.5 Å². The average molecular weight is 400 g/mol. The first-order valence-corrected chi connectivity index (χ1v) is 10.1. The standard InChI is InChI=1S/C18H17N5O2S2/c1-3-13-22-23-18(26-13)21-16(24)15-14(19)11-8-9-7-10(25-4-2)5-6-12(9)20-17(11)27-15/h5-8H,3-4,19H2,1-2H3,(H,21,23,24). The number of pyridine rings is 1. The number of thiophene rings is 1. The Hall–Kier alpha value is -2.78. The molecule has 0 radical (unpaired) electrons. The van der Waals surface area contributed by atoms with Crippen LogP contribution in [0.3, 0.4) is 0 Å². The molecule has 0 fully saturated rings. The molecule has 4 rings (SSSR count). The van der Waals surface area contributed by atoms with Gasteiger partial charge < -0.3 is 10.5 Å². The molecule has 0 unspecified atom stereocenters. The molecule has 3 aromatic heterocycles. The fourth-order valence-corrected chi connectivity index (χ4v) is 4.36. The van der Waals surface area contributed by atoms with Gasteiger partial charge in [0.25, 0.3) is 5.91 Å². The van der Waals surface area contributed by atoms with Crippen LogP contribution in [0.25, 0.3) is 21.1 Å². The first kappa shape index (κ1) is 17.6. The summed E-state index contributed by atoms with van der Waals surface area (Å²) < 4.78 is 5.55. The number of benzene rings is 1. The zero-order valence-corrected chi connectivity index (χ0v) is 16.4. The Labute approximate surface area is 163 Å². The molecule has 0 saturated carbocycles. The van der Waals surface area contributed by atoms with Crippen LogP contribution < -0.4 is 15.8 Å². The van der Waals surface area contributed by atoms with Gasteiger partial charge in [-0.2, -0.15) is 0 Å². The van der Waals surface area contributed by atoms with E-state index < -0.39 is 0 Å². The summed E-state index contributed by atoms with van der Waals surface area (Å²) in [6, 6.07) is 7.66. The van der Waals surface area contributed by atoms with Gasteiger partial charge in [0, 0.05) is 10.8 Å². The minimum absolute atomic E-state index is 0.298. The Kier molecular flexibility index (Phi) is 4.63. The van der Waals surface area contributed by atoms with Gasteiger partial charge in [-0.05, 0) is 37.6 Å². The molecule has 0 spiro atoms. The lowest BCUT2D eigenvalue weighted by atomic mass is 10.1. The topological polar surface area (TPSA) is 103 Å². The molecule has 27 heavy (non-hydrogen) atoms. The molecule has 1 amide bonds. The van der Waals surface area contributed by atoms with E-state index in [-0.39, 0.29) is 5.91 Å². The van der Waals surface area contributed by atoms with Crippen LogP contribution in [0.4, 0.5) is 10.8 Å². The number of anilines is 2. The SMILES string of the molecule is CCOc1ccc2nc3sc(C(=O)Nc4nnc(CC)s4)c(N)c3cc2c1. The van der Waals surface area contributed by atoms with Crippen molar-refractivity contribution in [3.63, 3.8) is 0 Å². The summed E-state index contributed by atoms with van der Waals surface area (Å²) >= 11 is 2.63. The summed E-state index contributed by atoms with van der Waals surface area (Å²) in [5.41, 5.74) is 7.51. The van der Waals surface area contributed by atoms with E-state index in [0.29, 0.717) is 22.3 Å². The maximum Gasteiger partial charge on any atom is 0.269 e. The molecule has 9 heteroatoms. The van der Waals surface area contributed by atoms with Crippen LogP contribution in [-0.2, 0) is 6.42 Å². The van der Waals surface area contributed by atoms with E-state index in [1.165, 1.54) is 22.7 Å². The van der Waals surface area contributed by atoms with E-state index in [2.05, 4.69) is 20.5 Å². The van der Waals surface area contributed by atoms with Crippen molar-refractivity contribution in [1.29, 1.82) is 0 Å². The van der Waals surface area contributed by atoms with Crippen molar-refractivity contribution in [3.8, 4) is 5.75 Å². The normalized spacial score (nSPS) is 11.2. The molecule has 0 bridgehead atoms. The van der Waals surface area contributed by atoms with E-state index in [1.54, 1.807) is 0 Å². The Morgan fingerprint density at radius 3 is 2.81 bits per heavy atom. The Bertz CT molecular complexity index is 1150. The monoisotopic (exact) mass is 399 g/mol. The highest BCUT2D eigenvalue weighted by Gasteiger charge is 2.19. The van der Waals surface area contributed by atoms with Crippen molar-refractivity contribution in [3.05, 3.63) is 34.2 Å². The number of aromatic nitrogens is 3. The van der Waals surface area contributed by atoms with E-state index in [0.717, 1.165) is 38.3 Å². The lowest BCUT2D eigenvalue weighted by Gasteiger charge is -2.04. The fraction of sp³-hybridized carbons (Fsp3) is 0.222. The number of aryl methyl sites for hydroxylation is 1. The zero-order chi connectivity index (χ0) is 19.0. The second-order valence-electron chi connectivity index (χ2n) is 5.78. The van der Waals surface area contributed by atoms with Crippen LogP contribution in [0.15, 0.2) is 24.3 Å². The van der Waals surface area contributed by atoms with Crippen LogP contribution in [0.1, 0.15) is 28.5 Å². The van der Waals surface area contributed by atoms with Crippen molar-refractivity contribution in [2.75, 3.05) is 17.7 Å². The predicted octanol–water partition coefficient (Wildman–Crippen LogP) is 4.10. The van der Waals surface area contributed by atoms with Crippen LogP contribution in [0.5, 0.6) is 5.75 Å². The van der Waals surface area contributed by atoms with Gasteiger partial charge in [0.05, 0.1) is 17.8 Å². The third kappa shape index (κ3) is 3.31. The zero-order valence-electron chi connectivity index (χ0n) is 14.8. The quantitative estimate of drug-likeness (QED) is 0.524. The number of nitrogens with zero attached hydrogens (tertiary/aromatic N) is 3. The number of rotatable bonds is 5. The van der Waals surface area contributed by atoms with E-state index in [4.69, 9.17) is 10.5 Å². The first-order chi connectivity index (χ1) is 13.1. The summed E-state index contributed by atoms with van der Waals surface area (Å²) in [5, 5.41) is 13.8. The number of ether oxygens (including phenoxy) is 1.